The van der Waals surface area contributed by atoms with Gasteiger partial charge in [0.15, 0.2) is 5.13 Å². The highest BCUT2D eigenvalue weighted by Gasteiger charge is 2.25. The van der Waals surface area contributed by atoms with Gasteiger partial charge in [0, 0.05) is 43.2 Å². The van der Waals surface area contributed by atoms with Gasteiger partial charge < -0.3 is 15.1 Å². The Labute approximate surface area is 158 Å². The first kappa shape index (κ1) is 18.5. The number of hydrogen-bond acceptors (Lipinski definition) is 6. The van der Waals surface area contributed by atoms with Gasteiger partial charge in [-0.2, -0.15) is 0 Å². The number of pyridine rings is 1. The zero-order valence-electron chi connectivity index (χ0n) is 15.3. The highest BCUT2D eigenvalue weighted by Crippen LogP contribution is 2.30. The number of carbonyl (C=O) groups is 1. The molecule has 1 fully saturated rings. The van der Waals surface area contributed by atoms with E-state index >= 15 is 0 Å². The Morgan fingerprint density at radius 3 is 3.12 bits per heavy atom. The predicted octanol–water partition coefficient (Wildman–Crippen LogP) is 3.11. The molecule has 7 heteroatoms. The summed E-state index contributed by atoms with van der Waals surface area (Å²) in [4.78, 5) is 25.3. The molecule has 1 saturated heterocycles. The second-order valence-corrected chi connectivity index (χ2v) is 7.56. The number of carbonyl (C=O) groups excluding carboxylic acids is 1. The molecule has 26 heavy (non-hydrogen) atoms. The van der Waals surface area contributed by atoms with Crippen LogP contribution in [0.4, 0.5) is 10.9 Å². The summed E-state index contributed by atoms with van der Waals surface area (Å²) in [6.07, 6.45) is 7.45. The maximum absolute atomic E-state index is 12.4. The second-order valence-electron chi connectivity index (χ2n) is 6.71. The molecule has 0 unspecified atom stereocenters. The summed E-state index contributed by atoms with van der Waals surface area (Å²) in [6, 6.07) is 5.75. The van der Waals surface area contributed by atoms with E-state index in [0.29, 0.717) is 5.92 Å². The SMILES string of the molecule is CN(C)C/C=C/C(=O)N1CCC[C@@H](c2csc(Nc3ccccn3)n2)C1. The lowest BCUT2D eigenvalue weighted by molar-refractivity contribution is -0.127. The van der Waals surface area contributed by atoms with Gasteiger partial charge in [-0.05, 0) is 39.1 Å². The lowest BCUT2D eigenvalue weighted by Crippen LogP contribution is -2.38. The molecule has 3 heterocycles. The Morgan fingerprint density at radius 2 is 2.35 bits per heavy atom. The first-order chi connectivity index (χ1) is 12.6. The van der Waals surface area contributed by atoms with Crippen LogP contribution in [-0.2, 0) is 4.79 Å². The third-order valence-electron chi connectivity index (χ3n) is 4.30. The number of likely N-dealkylation sites (tertiary alicyclic amines) is 1. The molecule has 0 saturated carbocycles. The van der Waals surface area contributed by atoms with Crippen LogP contribution in [0.1, 0.15) is 24.5 Å². The van der Waals surface area contributed by atoms with E-state index in [4.69, 9.17) is 4.98 Å². The molecule has 1 aliphatic heterocycles. The molecule has 2 aromatic heterocycles. The maximum Gasteiger partial charge on any atom is 0.246 e. The number of hydrogen-bond donors (Lipinski definition) is 1. The fourth-order valence-electron chi connectivity index (χ4n) is 2.97. The number of likely N-dealkylation sites (N-methyl/N-ethyl adjacent to an activating group) is 1. The predicted molar refractivity (Wildman–Crippen MR) is 106 cm³/mol. The Bertz CT molecular complexity index is 743. The van der Waals surface area contributed by atoms with Crippen molar-refractivity contribution >= 4 is 28.2 Å². The molecule has 0 bridgehead atoms. The Hall–Kier alpha value is -2.25. The molecular weight excluding hydrogens is 346 g/mol. The highest BCUT2D eigenvalue weighted by atomic mass is 32.1. The average Bonchev–Trinajstić information content (AvgIpc) is 3.11. The normalized spacial score (nSPS) is 17.8. The number of amides is 1. The van der Waals surface area contributed by atoms with Crippen LogP contribution in [0.5, 0.6) is 0 Å². The first-order valence-corrected chi connectivity index (χ1v) is 9.73. The lowest BCUT2D eigenvalue weighted by Gasteiger charge is -2.31. The summed E-state index contributed by atoms with van der Waals surface area (Å²) in [7, 11) is 3.98. The lowest BCUT2D eigenvalue weighted by atomic mass is 9.95. The van der Waals surface area contributed by atoms with Crippen LogP contribution in [0.3, 0.4) is 0 Å². The van der Waals surface area contributed by atoms with Crippen molar-refractivity contribution in [3.8, 4) is 0 Å². The largest absolute Gasteiger partial charge is 0.339 e. The quantitative estimate of drug-likeness (QED) is 0.791. The van der Waals surface area contributed by atoms with Crippen LogP contribution < -0.4 is 5.32 Å². The number of thiazole rings is 1. The zero-order valence-corrected chi connectivity index (χ0v) is 16.1. The van der Waals surface area contributed by atoms with Crippen molar-refractivity contribution < 1.29 is 4.79 Å². The third-order valence-corrected chi connectivity index (χ3v) is 5.08. The van der Waals surface area contributed by atoms with Gasteiger partial charge in [0.2, 0.25) is 5.91 Å². The molecule has 0 spiro atoms. The van der Waals surface area contributed by atoms with Gasteiger partial charge in [0.25, 0.3) is 0 Å². The molecule has 1 aliphatic rings. The molecule has 0 aromatic carbocycles. The van der Waals surface area contributed by atoms with Crippen LogP contribution >= 0.6 is 11.3 Å². The molecule has 138 valence electrons. The molecule has 0 radical (unpaired) electrons. The van der Waals surface area contributed by atoms with E-state index in [2.05, 4.69) is 15.7 Å². The fourth-order valence-corrected chi connectivity index (χ4v) is 3.76. The van der Waals surface area contributed by atoms with E-state index in [1.54, 1.807) is 23.6 Å². The number of piperidine rings is 1. The van der Waals surface area contributed by atoms with Crippen molar-refractivity contribution in [3.05, 3.63) is 47.6 Å². The van der Waals surface area contributed by atoms with Gasteiger partial charge in [0.1, 0.15) is 5.82 Å². The highest BCUT2D eigenvalue weighted by molar-refractivity contribution is 7.13. The molecule has 6 nitrogen and oxygen atoms in total. The van der Waals surface area contributed by atoms with Crippen molar-refractivity contribution in [3.63, 3.8) is 0 Å². The van der Waals surface area contributed by atoms with Crippen molar-refractivity contribution in [2.75, 3.05) is 39.0 Å². The fraction of sp³-hybridized carbons (Fsp3) is 0.421. The number of aromatic nitrogens is 2. The van der Waals surface area contributed by atoms with Crippen molar-refractivity contribution in [1.29, 1.82) is 0 Å². The molecule has 2 aromatic rings. The van der Waals surface area contributed by atoms with E-state index in [1.807, 2.05) is 48.2 Å². The van der Waals surface area contributed by atoms with Gasteiger partial charge in [-0.3, -0.25) is 4.79 Å². The van der Waals surface area contributed by atoms with Crippen LogP contribution in [0.15, 0.2) is 41.9 Å². The summed E-state index contributed by atoms with van der Waals surface area (Å²) in [5.41, 5.74) is 1.06. The van der Waals surface area contributed by atoms with E-state index in [1.165, 1.54) is 0 Å². The minimum atomic E-state index is 0.0959. The van der Waals surface area contributed by atoms with E-state index < -0.39 is 0 Å². The standard InChI is InChI=1S/C19H25N5OS/c1-23(2)11-6-9-18(25)24-12-5-7-15(13-24)16-14-26-19(21-16)22-17-8-3-4-10-20-17/h3-4,6,8-10,14-15H,5,7,11-13H2,1-2H3,(H,20,21,22)/b9-6+/t15-/m1/s1. The first-order valence-electron chi connectivity index (χ1n) is 8.85. The minimum Gasteiger partial charge on any atom is -0.339 e. The minimum absolute atomic E-state index is 0.0959. The monoisotopic (exact) mass is 371 g/mol. The second kappa shape index (κ2) is 8.91. The Balaban J connectivity index is 1.59. The summed E-state index contributed by atoms with van der Waals surface area (Å²) in [5.74, 6) is 1.18. The van der Waals surface area contributed by atoms with Crippen molar-refractivity contribution in [2.24, 2.45) is 0 Å². The van der Waals surface area contributed by atoms with Crippen LogP contribution in [-0.4, -0.2) is 59.4 Å². The van der Waals surface area contributed by atoms with Crippen molar-refractivity contribution in [1.82, 2.24) is 19.8 Å². The number of anilines is 2. The Kier molecular flexibility index (Phi) is 6.35. The zero-order chi connectivity index (χ0) is 18.4. The molecule has 1 N–H and O–H groups in total. The molecular formula is C19H25N5OS. The summed E-state index contributed by atoms with van der Waals surface area (Å²) >= 11 is 1.58. The summed E-state index contributed by atoms with van der Waals surface area (Å²) < 4.78 is 0. The average molecular weight is 372 g/mol. The summed E-state index contributed by atoms with van der Waals surface area (Å²) in [6.45, 7) is 2.33. The molecule has 0 aliphatic carbocycles. The van der Waals surface area contributed by atoms with Gasteiger partial charge >= 0.3 is 0 Å². The van der Waals surface area contributed by atoms with Crippen LogP contribution in [0.25, 0.3) is 0 Å². The summed E-state index contributed by atoms with van der Waals surface area (Å²) in [5, 5.41) is 6.17. The smallest absolute Gasteiger partial charge is 0.246 e. The topological polar surface area (TPSA) is 61.4 Å². The van der Waals surface area contributed by atoms with Gasteiger partial charge in [-0.25, -0.2) is 9.97 Å². The Morgan fingerprint density at radius 1 is 1.46 bits per heavy atom. The molecule has 3 rings (SSSR count). The van der Waals surface area contributed by atoms with E-state index in [9.17, 15) is 4.79 Å². The van der Waals surface area contributed by atoms with Crippen molar-refractivity contribution in [2.45, 2.75) is 18.8 Å². The number of nitrogens with one attached hydrogen (secondary N) is 1. The molecule has 1 atom stereocenters. The van der Waals surface area contributed by atoms with Gasteiger partial charge in [0.05, 0.1) is 5.69 Å². The van der Waals surface area contributed by atoms with Crippen LogP contribution in [0, 0.1) is 0 Å². The van der Waals surface area contributed by atoms with Crippen LogP contribution in [0.2, 0.25) is 0 Å². The van der Waals surface area contributed by atoms with Gasteiger partial charge in [-0.15, -0.1) is 11.3 Å². The number of nitrogens with zero attached hydrogens (tertiary/aromatic N) is 4. The third kappa shape index (κ3) is 5.12. The van der Waals surface area contributed by atoms with E-state index in [0.717, 1.165) is 49.1 Å². The maximum atomic E-state index is 12.4. The number of rotatable bonds is 6. The van der Waals surface area contributed by atoms with Gasteiger partial charge in [-0.1, -0.05) is 12.1 Å². The van der Waals surface area contributed by atoms with E-state index in [-0.39, 0.29) is 5.91 Å². The molecule has 1 amide bonds.